The van der Waals surface area contributed by atoms with E-state index in [0.717, 1.165) is 6.42 Å². The molecule has 0 bridgehead atoms. The summed E-state index contributed by atoms with van der Waals surface area (Å²) in [6.45, 7) is 5.07. The number of hydrogen-bond acceptors (Lipinski definition) is 5. The molecule has 3 rings (SSSR count). The van der Waals surface area contributed by atoms with Crippen LogP contribution >= 0.6 is 11.6 Å². The third kappa shape index (κ3) is 5.38. The summed E-state index contributed by atoms with van der Waals surface area (Å²) in [5, 5.41) is 14.5. The molecule has 0 fully saturated rings. The number of carbonyl (C=O) groups is 2. The Morgan fingerprint density at radius 3 is 2.70 bits per heavy atom. The zero-order valence-electron chi connectivity index (χ0n) is 16.8. The Balaban J connectivity index is 1.66. The van der Waals surface area contributed by atoms with Gasteiger partial charge >= 0.3 is 0 Å². The molecule has 2 aromatic heterocycles. The molecular weight excluding hydrogens is 408 g/mol. The minimum absolute atomic E-state index is 0.117. The van der Waals surface area contributed by atoms with Crippen molar-refractivity contribution in [1.82, 2.24) is 24.9 Å². The molecule has 0 aliphatic carbocycles. The molecule has 0 aliphatic rings. The average Bonchev–Trinajstić information content (AvgIpc) is 3.37. The minimum atomic E-state index is -0.447. The SMILES string of the molecule is CCCNC(=O)c1nn(CC)cc1NC(=O)c1ccn(COc2cccc(Cl)c2)n1. The summed E-state index contributed by atoms with van der Waals surface area (Å²) < 4.78 is 8.69. The topological polar surface area (TPSA) is 103 Å². The van der Waals surface area contributed by atoms with Crippen molar-refractivity contribution in [2.75, 3.05) is 11.9 Å². The van der Waals surface area contributed by atoms with Crippen molar-refractivity contribution < 1.29 is 14.3 Å². The second-order valence-electron chi connectivity index (χ2n) is 6.43. The Morgan fingerprint density at radius 2 is 1.97 bits per heavy atom. The number of aromatic nitrogens is 4. The van der Waals surface area contributed by atoms with E-state index in [0.29, 0.717) is 29.5 Å². The lowest BCUT2D eigenvalue weighted by Crippen LogP contribution is -2.26. The van der Waals surface area contributed by atoms with Gasteiger partial charge in [0.05, 0.1) is 5.69 Å². The van der Waals surface area contributed by atoms with Gasteiger partial charge in [0.2, 0.25) is 0 Å². The molecule has 2 amide bonds. The number of hydrogen-bond donors (Lipinski definition) is 2. The van der Waals surface area contributed by atoms with Crippen LogP contribution in [0.2, 0.25) is 5.02 Å². The van der Waals surface area contributed by atoms with Crippen LogP contribution in [0.5, 0.6) is 5.75 Å². The van der Waals surface area contributed by atoms with Crippen molar-refractivity contribution in [3.05, 3.63) is 59.1 Å². The van der Waals surface area contributed by atoms with E-state index >= 15 is 0 Å². The van der Waals surface area contributed by atoms with E-state index in [4.69, 9.17) is 16.3 Å². The number of nitrogens with one attached hydrogen (secondary N) is 2. The Morgan fingerprint density at radius 1 is 1.13 bits per heavy atom. The number of amides is 2. The van der Waals surface area contributed by atoms with Crippen LogP contribution in [0, 0.1) is 0 Å². The molecule has 1 aromatic carbocycles. The van der Waals surface area contributed by atoms with Gasteiger partial charge in [0.1, 0.15) is 5.75 Å². The van der Waals surface area contributed by atoms with Crippen LogP contribution in [0.1, 0.15) is 41.2 Å². The van der Waals surface area contributed by atoms with Crippen molar-refractivity contribution in [3.63, 3.8) is 0 Å². The van der Waals surface area contributed by atoms with Crippen molar-refractivity contribution in [2.24, 2.45) is 0 Å². The van der Waals surface area contributed by atoms with Crippen LogP contribution in [0.4, 0.5) is 5.69 Å². The normalized spacial score (nSPS) is 10.6. The third-order valence-corrected chi connectivity index (χ3v) is 4.35. The van der Waals surface area contributed by atoms with E-state index in [9.17, 15) is 9.59 Å². The molecule has 0 radical (unpaired) electrons. The van der Waals surface area contributed by atoms with Gasteiger partial charge < -0.3 is 15.4 Å². The Labute approximate surface area is 179 Å². The highest BCUT2D eigenvalue weighted by Crippen LogP contribution is 2.18. The summed E-state index contributed by atoms with van der Waals surface area (Å²) in [6.07, 6.45) is 4.05. The zero-order chi connectivity index (χ0) is 21.5. The van der Waals surface area contributed by atoms with Crippen molar-refractivity contribution in [1.29, 1.82) is 0 Å². The van der Waals surface area contributed by atoms with Crippen molar-refractivity contribution in [3.8, 4) is 5.75 Å². The first kappa shape index (κ1) is 21.4. The van der Waals surface area contributed by atoms with Crippen molar-refractivity contribution >= 4 is 29.1 Å². The number of aryl methyl sites for hydroxylation is 1. The highest BCUT2D eigenvalue weighted by atomic mass is 35.5. The molecule has 0 saturated heterocycles. The molecule has 0 spiro atoms. The summed E-state index contributed by atoms with van der Waals surface area (Å²) in [4.78, 5) is 25.0. The first-order valence-electron chi connectivity index (χ1n) is 9.59. The molecule has 0 atom stereocenters. The number of carbonyl (C=O) groups excluding carboxylic acids is 2. The number of ether oxygens (including phenoxy) is 1. The molecular formula is C20H23ClN6O3. The molecule has 9 nitrogen and oxygen atoms in total. The van der Waals surface area contributed by atoms with Crippen LogP contribution in [-0.4, -0.2) is 37.9 Å². The summed E-state index contributed by atoms with van der Waals surface area (Å²) in [7, 11) is 0. The molecule has 10 heteroatoms. The predicted molar refractivity (Wildman–Crippen MR) is 113 cm³/mol. The second kappa shape index (κ2) is 9.93. The van der Waals surface area contributed by atoms with Gasteiger partial charge in [-0.2, -0.15) is 10.2 Å². The minimum Gasteiger partial charge on any atom is -0.471 e. The smallest absolute Gasteiger partial charge is 0.276 e. The van der Waals surface area contributed by atoms with Gasteiger partial charge in [0, 0.05) is 30.5 Å². The Hall–Kier alpha value is -3.33. The van der Waals surface area contributed by atoms with E-state index in [1.165, 1.54) is 4.68 Å². The number of benzene rings is 1. The van der Waals surface area contributed by atoms with Crippen LogP contribution < -0.4 is 15.4 Å². The lowest BCUT2D eigenvalue weighted by atomic mass is 10.3. The quantitative estimate of drug-likeness (QED) is 0.542. The van der Waals surface area contributed by atoms with Crippen LogP contribution in [0.3, 0.4) is 0 Å². The van der Waals surface area contributed by atoms with Crippen LogP contribution in [0.15, 0.2) is 42.7 Å². The van der Waals surface area contributed by atoms with Crippen LogP contribution in [0.25, 0.3) is 0 Å². The third-order valence-electron chi connectivity index (χ3n) is 4.12. The molecule has 0 unspecified atom stereocenters. The number of halogens is 1. The second-order valence-corrected chi connectivity index (χ2v) is 6.86. The standard InChI is InChI=1S/C20H23ClN6O3/c1-3-9-22-20(29)18-17(12-26(4-2)25-18)23-19(28)16-8-10-27(24-16)13-30-15-7-5-6-14(21)11-15/h5-8,10-12H,3-4,9,13H2,1-2H3,(H,22,29)(H,23,28). The largest absolute Gasteiger partial charge is 0.471 e. The maximum absolute atomic E-state index is 12.6. The lowest BCUT2D eigenvalue weighted by molar-refractivity contribution is 0.0948. The van der Waals surface area contributed by atoms with Gasteiger partial charge in [-0.3, -0.25) is 14.3 Å². The van der Waals surface area contributed by atoms with E-state index in [-0.39, 0.29) is 24.0 Å². The maximum Gasteiger partial charge on any atom is 0.276 e. The Kier molecular flexibility index (Phi) is 7.08. The molecule has 3 aromatic rings. The van der Waals surface area contributed by atoms with Gasteiger partial charge in [0.25, 0.3) is 11.8 Å². The highest BCUT2D eigenvalue weighted by Gasteiger charge is 2.19. The monoisotopic (exact) mass is 430 g/mol. The summed E-state index contributed by atoms with van der Waals surface area (Å²) in [5.74, 6) is -0.185. The highest BCUT2D eigenvalue weighted by molar-refractivity contribution is 6.30. The molecule has 30 heavy (non-hydrogen) atoms. The lowest BCUT2D eigenvalue weighted by Gasteiger charge is -2.06. The van der Waals surface area contributed by atoms with Gasteiger partial charge in [0.15, 0.2) is 18.1 Å². The fourth-order valence-corrected chi connectivity index (χ4v) is 2.78. The van der Waals surface area contributed by atoms with Gasteiger partial charge in [-0.25, -0.2) is 4.68 Å². The van der Waals surface area contributed by atoms with Crippen LogP contribution in [-0.2, 0) is 13.3 Å². The van der Waals surface area contributed by atoms with Gasteiger partial charge in [-0.15, -0.1) is 0 Å². The summed E-state index contributed by atoms with van der Waals surface area (Å²) >= 11 is 5.93. The number of anilines is 1. The van der Waals surface area contributed by atoms with E-state index in [1.807, 2.05) is 13.8 Å². The summed E-state index contributed by atoms with van der Waals surface area (Å²) in [5.41, 5.74) is 0.691. The molecule has 0 aliphatic heterocycles. The fourth-order valence-electron chi connectivity index (χ4n) is 2.60. The van der Waals surface area contributed by atoms with Gasteiger partial charge in [-0.05, 0) is 37.6 Å². The maximum atomic E-state index is 12.6. The van der Waals surface area contributed by atoms with Gasteiger partial charge in [-0.1, -0.05) is 24.6 Å². The first-order valence-corrected chi connectivity index (χ1v) is 9.96. The van der Waals surface area contributed by atoms with Crippen molar-refractivity contribution in [2.45, 2.75) is 33.5 Å². The zero-order valence-corrected chi connectivity index (χ0v) is 17.5. The fraction of sp³-hybridized carbons (Fsp3) is 0.300. The molecule has 2 heterocycles. The van der Waals surface area contributed by atoms with E-state index in [2.05, 4.69) is 20.8 Å². The molecule has 0 saturated carbocycles. The molecule has 158 valence electrons. The van der Waals surface area contributed by atoms with E-state index in [1.54, 1.807) is 47.4 Å². The predicted octanol–water partition coefficient (Wildman–Crippen LogP) is 3.18. The Bertz CT molecular complexity index is 1030. The number of nitrogens with zero attached hydrogens (tertiary/aromatic N) is 4. The average molecular weight is 431 g/mol. The van der Waals surface area contributed by atoms with E-state index < -0.39 is 5.91 Å². The number of rotatable bonds is 9. The molecule has 2 N–H and O–H groups in total. The summed E-state index contributed by atoms with van der Waals surface area (Å²) in [6, 6.07) is 8.57. The first-order chi connectivity index (χ1) is 14.5.